The topological polar surface area (TPSA) is 77.2 Å². The van der Waals surface area contributed by atoms with E-state index in [4.69, 9.17) is 9.84 Å². The molecule has 0 aliphatic heterocycles. The van der Waals surface area contributed by atoms with Crippen LogP contribution in [0.3, 0.4) is 0 Å². The van der Waals surface area contributed by atoms with E-state index >= 15 is 0 Å². The minimum Gasteiger partial charge on any atom is -0.481 e. The van der Waals surface area contributed by atoms with Gasteiger partial charge in [-0.1, -0.05) is 18.7 Å². The third-order valence-electron chi connectivity index (χ3n) is 2.36. The van der Waals surface area contributed by atoms with E-state index in [2.05, 4.69) is 17.1 Å². The van der Waals surface area contributed by atoms with Crippen LogP contribution in [0.5, 0.6) is 0 Å². The van der Waals surface area contributed by atoms with Gasteiger partial charge in [-0.25, -0.2) is 0 Å². The molecule has 7 heteroatoms. The Hall–Kier alpha value is -1.08. The van der Waals surface area contributed by atoms with Crippen LogP contribution in [0.15, 0.2) is 5.16 Å². The quantitative estimate of drug-likeness (QED) is 0.745. The Morgan fingerprint density at radius 2 is 2.29 bits per heavy atom. The molecule has 1 aromatic rings. The third kappa shape index (κ3) is 3.71. The molecule has 17 heavy (non-hydrogen) atoms. The van der Waals surface area contributed by atoms with Gasteiger partial charge in [0.15, 0.2) is 5.16 Å². The summed E-state index contributed by atoms with van der Waals surface area (Å²) in [5.41, 5.74) is 0. The lowest BCUT2D eigenvalue weighted by Crippen LogP contribution is -2.16. The average Bonchev–Trinajstić information content (AvgIpc) is 2.65. The van der Waals surface area contributed by atoms with Gasteiger partial charge in [-0.2, -0.15) is 0 Å². The van der Waals surface area contributed by atoms with Crippen LogP contribution in [0.1, 0.15) is 25.2 Å². The molecule has 1 aromatic heterocycles. The van der Waals surface area contributed by atoms with Crippen molar-refractivity contribution in [1.29, 1.82) is 0 Å². The Kier molecular flexibility index (Phi) is 5.43. The molecular weight excluding hydrogens is 242 g/mol. The van der Waals surface area contributed by atoms with E-state index in [-0.39, 0.29) is 11.8 Å². The van der Waals surface area contributed by atoms with Crippen LogP contribution in [0.25, 0.3) is 0 Å². The maximum Gasteiger partial charge on any atom is 0.313 e. The van der Waals surface area contributed by atoms with Crippen molar-refractivity contribution in [2.75, 3.05) is 19.5 Å². The third-order valence-corrected chi connectivity index (χ3v) is 3.28. The summed E-state index contributed by atoms with van der Waals surface area (Å²) >= 11 is 1.18. The highest BCUT2D eigenvalue weighted by Gasteiger charge is 2.18. The van der Waals surface area contributed by atoms with Crippen molar-refractivity contribution >= 4 is 17.7 Å². The number of carboxylic acids is 1. The second-order valence-corrected chi connectivity index (χ2v) is 4.54. The first-order valence-corrected chi connectivity index (χ1v) is 6.33. The minimum absolute atomic E-state index is 0.0124. The van der Waals surface area contributed by atoms with Crippen molar-refractivity contribution in [2.45, 2.75) is 31.5 Å². The molecule has 0 radical (unpaired) electrons. The standard InChI is InChI=1S/C10H17N3O3S/c1-4-8(5-16-3)13-7(2)11-12-10(13)17-6-9(14)15/h8H,4-6H2,1-3H3,(H,14,15). The average molecular weight is 259 g/mol. The largest absolute Gasteiger partial charge is 0.481 e. The van der Waals surface area contributed by atoms with Crippen LogP contribution in [-0.2, 0) is 9.53 Å². The monoisotopic (exact) mass is 259 g/mol. The van der Waals surface area contributed by atoms with E-state index in [1.807, 2.05) is 11.5 Å². The fourth-order valence-electron chi connectivity index (χ4n) is 1.56. The summed E-state index contributed by atoms with van der Waals surface area (Å²) in [6.45, 7) is 4.47. The Balaban J connectivity index is 2.87. The lowest BCUT2D eigenvalue weighted by molar-refractivity contribution is -0.133. The van der Waals surface area contributed by atoms with Crippen LogP contribution in [0, 0.1) is 6.92 Å². The molecule has 0 spiro atoms. The van der Waals surface area contributed by atoms with Crippen molar-refractivity contribution in [3.8, 4) is 0 Å². The smallest absolute Gasteiger partial charge is 0.313 e. The first kappa shape index (κ1) is 14.0. The number of ether oxygens (including phenoxy) is 1. The number of methoxy groups -OCH3 is 1. The van der Waals surface area contributed by atoms with Crippen molar-refractivity contribution in [1.82, 2.24) is 14.8 Å². The molecule has 1 heterocycles. The Morgan fingerprint density at radius 1 is 1.59 bits per heavy atom. The zero-order valence-corrected chi connectivity index (χ0v) is 11.0. The number of aromatic nitrogens is 3. The normalized spacial score (nSPS) is 12.6. The summed E-state index contributed by atoms with van der Waals surface area (Å²) in [6.07, 6.45) is 0.882. The van der Waals surface area contributed by atoms with E-state index in [1.165, 1.54) is 11.8 Å². The molecule has 1 N–H and O–H groups in total. The second kappa shape index (κ2) is 6.61. The number of aryl methyl sites for hydroxylation is 1. The summed E-state index contributed by atoms with van der Waals surface area (Å²) in [5, 5.41) is 17.3. The molecule has 0 amide bonds. The molecular formula is C10H17N3O3S. The van der Waals surface area contributed by atoms with Gasteiger partial charge in [0.25, 0.3) is 0 Å². The summed E-state index contributed by atoms with van der Waals surface area (Å²) in [5.74, 6) is -0.0922. The molecule has 1 atom stereocenters. The maximum absolute atomic E-state index is 10.6. The summed E-state index contributed by atoms with van der Waals surface area (Å²) < 4.78 is 7.09. The molecule has 0 aliphatic rings. The molecule has 1 unspecified atom stereocenters. The highest BCUT2D eigenvalue weighted by atomic mass is 32.2. The number of nitrogens with zero attached hydrogens (tertiary/aromatic N) is 3. The summed E-state index contributed by atoms with van der Waals surface area (Å²) in [6, 6.07) is 0.145. The van der Waals surface area contributed by atoms with Crippen molar-refractivity contribution in [3.05, 3.63) is 5.82 Å². The molecule has 0 saturated carbocycles. The lowest BCUT2D eigenvalue weighted by atomic mass is 10.2. The lowest BCUT2D eigenvalue weighted by Gasteiger charge is -2.18. The van der Waals surface area contributed by atoms with Crippen LogP contribution in [0.2, 0.25) is 0 Å². The molecule has 0 bridgehead atoms. The zero-order valence-electron chi connectivity index (χ0n) is 10.2. The summed E-state index contributed by atoms with van der Waals surface area (Å²) in [4.78, 5) is 10.6. The fraction of sp³-hybridized carbons (Fsp3) is 0.700. The molecule has 0 aromatic carbocycles. The van der Waals surface area contributed by atoms with Gasteiger partial charge in [0.05, 0.1) is 18.4 Å². The second-order valence-electron chi connectivity index (χ2n) is 3.60. The molecule has 0 aliphatic carbocycles. The van der Waals surface area contributed by atoms with Gasteiger partial charge in [0.2, 0.25) is 0 Å². The number of thioether (sulfide) groups is 1. The van der Waals surface area contributed by atoms with E-state index in [0.29, 0.717) is 11.8 Å². The van der Waals surface area contributed by atoms with E-state index in [0.717, 1.165) is 12.2 Å². The predicted octanol–water partition coefficient (Wildman–Crippen LogP) is 1.36. The van der Waals surface area contributed by atoms with Crippen molar-refractivity contribution in [3.63, 3.8) is 0 Å². The number of carboxylic acid groups (broad SMARTS) is 1. The van der Waals surface area contributed by atoms with Crippen LogP contribution in [0.4, 0.5) is 0 Å². The molecule has 6 nitrogen and oxygen atoms in total. The predicted molar refractivity (Wildman–Crippen MR) is 64.3 cm³/mol. The highest BCUT2D eigenvalue weighted by molar-refractivity contribution is 7.99. The molecule has 0 saturated heterocycles. The number of carbonyl (C=O) groups is 1. The highest BCUT2D eigenvalue weighted by Crippen LogP contribution is 2.23. The number of rotatable bonds is 7. The van der Waals surface area contributed by atoms with Gasteiger partial charge in [-0.05, 0) is 13.3 Å². The molecule has 1 rings (SSSR count). The van der Waals surface area contributed by atoms with Crippen LogP contribution < -0.4 is 0 Å². The van der Waals surface area contributed by atoms with Gasteiger partial charge in [-0.3, -0.25) is 4.79 Å². The first-order valence-electron chi connectivity index (χ1n) is 5.35. The van der Waals surface area contributed by atoms with E-state index < -0.39 is 5.97 Å². The van der Waals surface area contributed by atoms with Gasteiger partial charge < -0.3 is 14.4 Å². The summed E-state index contributed by atoms with van der Waals surface area (Å²) in [7, 11) is 1.65. The first-order chi connectivity index (χ1) is 8.10. The van der Waals surface area contributed by atoms with Gasteiger partial charge >= 0.3 is 5.97 Å². The van der Waals surface area contributed by atoms with Crippen molar-refractivity contribution < 1.29 is 14.6 Å². The molecule has 0 fully saturated rings. The molecule has 96 valence electrons. The van der Waals surface area contributed by atoms with E-state index in [9.17, 15) is 4.79 Å². The number of hydrogen-bond acceptors (Lipinski definition) is 5. The van der Waals surface area contributed by atoms with Crippen LogP contribution in [-0.4, -0.2) is 45.3 Å². The Morgan fingerprint density at radius 3 is 2.82 bits per heavy atom. The van der Waals surface area contributed by atoms with Gasteiger partial charge in [-0.15, -0.1) is 10.2 Å². The van der Waals surface area contributed by atoms with Gasteiger partial charge in [0.1, 0.15) is 5.82 Å². The van der Waals surface area contributed by atoms with Gasteiger partial charge in [0, 0.05) is 7.11 Å². The maximum atomic E-state index is 10.6. The number of hydrogen-bond donors (Lipinski definition) is 1. The Bertz CT molecular complexity index is 381. The number of aliphatic carboxylic acids is 1. The fourth-order valence-corrected chi connectivity index (χ4v) is 2.33. The Labute approximate surface area is 104 Å². The minimum atomic E-state index is -0.859. The van der Waals surface area contributed by atoms with Crippen molar-refractivity contribution in [2.24, 2.45) is 0 Å². The zero-order chi connectivity index (χ0) is 12.8. The van der Waals surface area contributed by atoms with Crippen LogP contribution >= 0.6 is 11.8 Å². The SMILES string of the molecule is CCC(COC)n1c(C)nnc1SCC(=O)O. The van der Waals surface area contributed by atoms with E-state index in [1.54, 1.807) is 7.11 Å².